The molecule has 1 amide bonds. The fourth-order valence-electron chi connectivity index (χ4n) is 1.08. The number of hydrogen-bond donors (Lipinski definition) is 1. The van der Waals surface area contributed by atoms with E-state index in [0.717, 1.165) is 0 Å². The van der Waals surface area contributed by atoms with Gasteiger partial charge in [0.25, 0.3) is 0 Å². The Morgan fingerprint density at radius 1 is 1.54 bits per heavy atom. The summed E-state index contributed by atoms with van der Waals surface area (Å²) in [5.41, 5.74) is 0. The van der Waals surface area contributed by atoms with Crippen LogP contribution in [0, 0.1) is 0 Å². The predicted molar refractivity (Wildman–Crippen MR) is 49.9 cm³/mol. The molecular formula is C9H12N2O2. The third-order valence-electron chi connectivity index (χ3n) is 1.62. The van der Waals surface area contributed by atoms with Crippen LogP contribution in [0.25, 0.3) is 0 Å². The van der Waals surface area contributed by atoms with E-state index in [1.54, 1.807) is 24.4 Å². The summed E-state index contributed by atoms with van der Waals surface area (Å²) in [7, 11) is 0. The summed E-state index contributed by atoms with van der Waals surface area (Å²) < 4.78 is 0. The monoisotopic (exact) mass is 180 g/mol. The topological polar surface area (TPSA) is 53.4 Å². The molecule has 1 N–H and O–H groups in total. The second-order valence-electron chi connectivity index (χ2n) is 2.93. The maximum Gasteiger partial charge on any atom is 0.413 e. The molecule has 0 aliphatic carbocycles. The first kappa shape index (κ1) is 9.51. The molecule has 0 atom stereocenters. The molecule has 0 saturated carbocycles. The van der Waals surface area contributed by atoms with Crippen molar-refractivity contribution in [1.82, 2.24) is 4.98 Å². The molecule has 0 saturated heterocycles. The summed E-state index contributed by atoms with van der Waals surface area (Å²) in [5, 5.41) is 8.88. The van der Waals surface area contributed by atoms with Crippen molar-refractivity contribution in [3.8, 4) is 0 Å². The van der Waals surface area contributed by atoms with Crippen LogP contribution < -0.4 is 4.90 Å². The lowest BCUT2D eigenvalue weighted by molar-refractivity contribution is 0.200. The Hall–Kier alpha value is -1.58. The van der Waals surface area contributed by atoms with Crippen molar-refractivity contribution in [3.05, 3.63) is 24.4 Å². The lowest BCUT2D eigenvalue weighted by Gasteiger charge is -2.21. The highest BCUT2D eigenvalue weighted by atomic mass is 16.4. The van der Waals surface area contributed by atoms with Gasteiger partial charge in [0.2, 0.25) is 0 Å². The van der Waals surface area contributed by atoms with E-state index in [1.165, 1.54) is 4.90 Å². The number of carboxylic acid groups (broad SMARTS) is 1. The fraction of sp³-hybridized carbons (Fsp3) is 0.333. The van der Waals surface area contributed by atoms with E-state index in [4.69, 9.17) is 5.11 Å². The van der Waals surface area contributed by atoms with Crippen LogP contribution in [0.4, 0.5) is 10.6 Å². The highest BCUT2D eigenvalue weighted by molar-refractivity contribution is 5.85. The summed E-state index contributed by atoms with van der Waals surface area (Å²) >= 11 is 0. The van der Waals surface area contributed by atoms with Crippen LogP contribution >= 0.6 is 0 Å². The normalized spacial score (nSPS) is 10.1. The molecular weight excluding hydrogens is 168 g/mol. The SMILES string of the molecule is CC(C)N(C(=O)O)c1ccccn1. The van der Waals surface area contributed by atoms with Crippen LogP contribution in [0.3, 0.4) is 0 Å². The minimum Gasteiger partial charge on any atom is -0.465 e. The molecule has 0 fully saturated rings. The van der Waals surface area contributed by atoms with E-state index in [0.29, 0.717) is 5.82 Å². The lowest BCUT2D eigenvalue weighted by Crippen LogP contribution is -2.36. The number of amides is 1. The number of anilines is 1. The number of nitrogens with zero attached hydrogens (tertiary/aromatic N) is 2. The summed E-state index contributed by atoms with van der Waals surface area (Å²) in [6.07, 6.45) is 0.599. The van der Waals surface area contributed by atoms with Crippen molar-refractivity contribution in [2.24, 2.45) is 0 Å². The maximum absolute atomic E-state index is 10.8. The standard InChI is InChI=1S/C9H12N2O2/c1-7(2)11(9(12)13)8-5-3-4-6-10-8/h3-7H,1-2H3,(H,12,13). The minimum atomic E-state index is -0.978. The Labute approximate surface area is 76.8 Å². The summed E-state index contributed by atoms with van der Waals surface area (Å²) in [4.78, 5) is 16.0. The molecule has 1 rings (SSSR count). The molecule has 4 nitrogen and oxygen atoms in total. The number of hydrogen-bond acceptors (Lipinski definition) is 2. The van der Waals surface area contributed by atoms with Gasteiger partial charge >= 0.3 is 6.09 Å². The molecule has 1 heterocycles. The molecule has 0 radical (unpaired) electrons. The summed E-state index contributed by atoms with van der Waals surface area (Å²) in [6, 6.07) is 5.09. The molecule has 0 bridgehead atoms. The van der Waals surface area contributed by atoms with Gasteiger partial charge < -0.3 is 5.11 Å². The molecule has 0 unspecified atom stereocenters. The number of carbonyl (C=O) groups is 1. The van der Waals surface area contributed by atoms with Gasteiger partial charge in [0.05, 0.1) is 0 Å². The molecule has 4 heteroatoms. The molecule has 13 heavy (non-hydrogen) atoms. The Morgan fingerprint density at radius 3 is 2.62 bits per heavy atom. The molecule has 1 aromatic rings. The Morgan fingerprint density at radius 2 is 2.23 bits per heavy atom. The molecule has 1 aromatic heterocycles. The average Bonchev–Trinajstić information content (AvgIpc) is 2.04. The van der Waals surface area contributed by atoms with Gasteiger partial charge in [-0.3, -0.25) is 4.90 Å². The second-order valence-corrected chi connectivity index (χ2v) is 2.93. The molecule has 0 spiro atoms. The van der Waals surface area contributed by atoms with Crippen LogP contribution in [0.5, 0.6) is 0 Å². The quantitative estimate of drug-likeness (QED) is 0.757. The lowest BCUT2D eigenvalue weighted by atomic mass is 10.3. The first-order valence-corrected chi connectivity index (χ1v) is 4.06. The van der Waals surface area contributed by atoms with E-state index in [9.17, 15) is 4.79 Å². The smallest absolute Gasteiger partial charge is 0.413 e. The van der Waals surface area contributed by atoms with Crippen LogP contribution in [0.1, 0.15) is 13.8 Å². The average molecular weight is 180 g/mol. The van der Waals surface area contributed by atoms with Crippen LogP contribution in [0.2, 0.25) is 0 Å². The number of pyridine rings is 1. The highest BCUT2D eigenvalue weighted by Crippen LogP contribution is 2.12. The van der Waals surface area contributed by atoms with E-state index < -0.39 is 6.09 Å². The van der Waals surface area contributed by atoms with Crippen LogP contribution in [-0.4, -0.2) is 22.2 Å². The zero-order valence-electron chi connectivity index (χ0n) is 7.64. The Balaban J connectivity index is 2.96. The van der Waals surface area contributed by atoms with Gasteiger partial charge in [0, 0.05) is 12.2 Å². The third-order valence-corrected chi connectivity index (χ3v) is 1.62. The largest absolute Gasteiger partial charge is 0.465 e. The Bertz CT molecular complexity index is 285. The molecule has 70 valence electrons. The fourth-order valence-corrected chi connectivity index (χ4v) is 1.08. The molecule has 0 aliphatic heterocycles. The van der Waals surface area contributed by atoms with Crippen molar-refractivity contribution in [2.75, 3.05) is 4.90 Å². The van der Waals surface area contributed by atoms with Crippen molar-refractivity contribution in [3.63, 3.8) is 0 Å². The highest BCUT2D eigenvalue weighted by Gasteiger charge is 2.18. The molecule has 0 aromatic carbocycles. The van der Waals surface area contributed by atoms with Crippen molar-refractivity contribution < 1.29 is 9.90 Å². The first-order valence-electron chi connectivity index (χ1n) is 4.06. The molecule has 0 aliphatic rings. The Kier molecular flexibility index (Phi) is 2.84. The summed E-state index contributed by atoms with van der Waals surface area (Å²) in [5.74, 6) is 0.463. The van der Waals surface area contributed by atoms with Gasteiger partial charge in [-0.25, -0.2) is 9.78 Å². The van der Waals surface area contributed by atoms with Crippen molar-refractivity contribution >= 4 is 11.9 Å². The second kappa shape index (κ2) is 3.89. The first-order chi connectivity index (χ1) is 6.13. The van der Waals surface area contributed by atoms with Gasteiger partial charge in [-0.15, -0.1) is 0 Å². The third kappa shape index (κ3) is 2.18. The van der Waals surface area contributed by atoms with E-state index >= 15 is 0 Å². The van der Waals surface area contributed by atoms with E-state index in [-0.39, 0.29) is 6.04 Å². The minimum absolute atomic E-state index is 0.104. The van der Waals surface area contributed by atoms with Crippen LogP contribution in [-0.2, 0) is 0 Å². The van der Waals surface area contributed by atoms with Gasteiger partial charge in [-0.2, -0.15) is 0 Å². The predicted octanol–water partition coefficient (Wildman–Crippen LogP) is 1.97. The zero-order chi connectivity index (χ0) is 9.84. The van der Waals surface area contributed by atoms with E-state index in [1.807, 2.05) is 13.8 Å². The maximum atomic E-state index is 10.8. The zero-order valence-corrected chi connectivity index (χ0v) is 7.64. The summed E-state index contributed by atoms with van der Waals surface area (Å²) in [6.45, 7) is 3.62. The number of aromatic nitrogens is 1. The van der Waals surface area contributed by atoms with Gasteiger partial charge in [-0.05, 0) is 26.0 Å². The number of rotatable bonds is 2. The van der Waals surface area contributed by atoms with Crippen molar-refractivity contribution in [1.29, 1.82) is 0 Å². The van der Waals surface area contributed by atoms with Gasteiger partial charge in [-0.1, -0.05) is 6.07 Å². The van der Waals surface area contributed by atoms with E-state index in [2.05, 4.69) is 4.98 Å². The van der Waals surface area contributed by atoms with Gasteiger partial charge in [0.1, 0.15) is 5.82 Å². The van der Waals surface area contributed by atoms with Crippen molar-refractivity contribution in [2.45, 2.75) is 19.9 Å². The van der Waals surface area contributed by atoms with Crippen LogP contribution in [0.15, 0.2) is 24.4 Å². The van der Waals surface area contributed by atoms with Gasteiger partial charge in [0.15, 0.2) is 0 Å².